The number of carbonyl (C=O) groups is 4. The maximum Gasteiger partial charge on any atom is 0.472 e. The van der Waals surface area contributed by atoms with E-state index in [1.807, 2.05) is 0 Å². The lowest BCUT2D eigenvalue weighted by Crippen LogP contribution is -2.30. The topological polar surface area (TPSA) is 237 Å². The van der Waals surface area contributed by atoms with Crippen LogP contribution in [-0.2, 0) is 65.4 Å². The SMILES string of the molecule is CCCCCCCCCCCCCCCCCCCCCCCCC(=O)O[C@H](COC(=O)CCCCCCCCCCCCCCCCCCCCCC)COP(=O)(O)OC[C@@H](O)COP(=O)(O)OC[C@@H](COC(=O)CCCCCCCCCCCCC)OC(=O)CCCCCCCCCCCCCCC(C)C. The van der Waals surface area contributed by atoms with E-state index in [-0.39, 0.29) is 25.7 Å². The molecule has 0 bridgehead atoms. The maximum atomic E-state index is 13.2. The molecule has 5 atom stereocenters. The zero-order valence-electron chi connectivity index (χ0n) is 71.0. The quantitative estimate of drug-likeness (QED) is 0.0222. The van der Waals surface area contributed by atoms with Crippen LogP contribution in [0.25, 0.3) is 0 Å². The highest BCUT2D eigenvalue weighted by Gasteiger charge is 2.30. The van der Waals surface area contributed by atoms with Gasteiger partial charge in [0.2, 0.25) is 0 Å². The summed E-state index contributed by atoms with van der Waals surface area (Å²) in [4.78, 5) is 73.3. The first kappa shape index (κ1) is 106. The first-order valence-corrected chi connectivity index (χ1v) is 49.1. The summed E-state index contributed by atoms with van der Waals surface area (Å²) in [6, 6.07) is 0. The Morgan fingerprint density at radius 2 is 0.426 bits per heavy atom. The molecule has 2 unspecified atom stereocenters. The Labute approximate surface area is 664 Å². The van der Waals surface area contributed by atoms with Crippen molar-refractivity contribution in [3.05, 3.63) is 0 Å². The largest absolute Gasteiger partial charge is 0.472 e. The Hall–Kier alpha value is -1.94. The lowest BCUT2D eigenvalue weighted by molar-refractivity contribution is -0.161. The molecule has 0 saturated heterocycles. The Balaban J connectivity index is 5.22. The fourth-order valence-corrected chi connectivity index (χ4v) is 15.6. The predicted octanol–water partition coefficient (Wildman–Crippen LogP) is 27.5. The lowest BCUT2D eigenvalue weighted by atomic mass is 10.0. The molecule has 17 nitrogen and oxygen atoms in total. The Morgan fingerprint density at radius 3 is 0.630 bits per heavy atom. The van der Waals surface area contributed by atoms with Gasteiger partial charge in [0.05, 0.1) is 26.4 Å². The third-order valence-corrected chi connectivity index (χ3v) is 22.9. The van der Waals surface area contributed by atoms with E-state index in [0.717, 1.165) is 95.8 Å². The molecule has 642 valence electrons. The van der Waals surface area contributed by atoms with Crippen LogP contribution in [-0.4, -0.2) is 96.7 Å². The highest BCUT2D eigenvalue weighted by molar-refractivity contribution is 7.47. The molecule has 108 heavy (non-hydrogen) atoms. The van der Waals surface area contributed by atoms with Crippen LogP contribution >= 0.6 is 15.6 Å². The third kappa shape index (κ3) is 82.1. The minimum absolute atomic E-state index is 0.108. The summed E-state index contributed by atoms with van der Waals surface area (Å²) in [5.41, 5.74) is 0. The minimum atomic E-state index is -4.97. The van der Waals surface area contributed by atoms with Crippen molar-refractivity contribution in [1.29, 1.82) is 0 Å². The third-order valence-electron chi connectivity index (χ3n) is 21.0. The van der Waals surface area contributed by atoms with Crippen LogP contribution in [0.5, 0.6) is 0 Å². The van der Waals surface area contributed by atoms with Gasteiger partial charge in [0.25, 0.3) is 0 Å². The second-order valence-electron chi connectivity index (χ2n) is 32.5. The number of unbranched alkanes of at least 4 members (excludes halogenated alkanes) is 61. The van der Waals surface area contributed by atoms with Crippen LogP contribution in [0.1, 0.15) is 484 Å². The Kier molecular flexibility index (Phi) is 80.2. The smallest absolute Gasteiger partial charge is 0.462 e. The van der Waals surface area contributed by atoms with Crippen LogP contribution in [0, 0.1) is 5.92 Å². The van der Waals surface area contributed by atoms with Crippen molar-refractivity contribution in [3.63, 3.8) is 0 Å². The van der Waals surface area contributed by atoms with Crippen molar-refractivity contribution in [3.8, 4) is 0 Å². The van der Waals surface area contributed by atoms with E-state index in [0.29, 0.717) is 25.7 Å². The summed E-state index contributed by atoms with van der Waals surface area (Å²) < 4.78 is 69.0. The molecule has 0 aliphatic rings. The van der Waals surface area contributed by atoms with Crippen molar-refractivity contribution in [2.45, 2.75) is 502 Å². The molecule has 19 heteroatoms. The van der Waals surface area contributed by atoms with Gasteiger partial charge in [-0.25, -0.2) is 9.13 Å². The van der Waals surface area contributed by atoms with Gasteiger partial charge in [0, 0.05) is 25.7 Å². The molecule has 0 rings (SSSR count). The summed E-state index contributed by atoms with van der Waals surface area (Å²) in [5, 5.41) is 10.7. The molecule has 0 aromatic rings. The van der Waals surface area contributed by atoms with Crippen LogP contribution < -0.4 is 0 Å². The number of hydrogen-bond donors (Lipinski definition) is 3. The predicted molar refractivity (Wildman–Crippen MR) is 446 cm³/mol. The molecule has 0 aromatic carbocycles. The molecule has 0 aromatic heterocycles. The number of esters is 4. The second kappa shape index (κ2) is 81.6. The van der Waals surface area contributed by atoms with Gasteiger partial charge >= 0.3 is 39.5 Å². The molecule has 0 fully saturated rings. The average Bonchev–Trinajstić information content (AvgIpc) is 0.899. The molecule has 0 amide bonds. The van der Waals surface area contributed by atoms with Crippen molar-refractivity contribution in [2.75, 3.05) is 39.6 Å². The molecule has 0 aliphatic heterocycles. The number of rotatable bonds is 89. The van der Waals surface area contributed by atoms with Gasteiger partial charge < -0.3 is 33.8 Å². The standard InChI is InChI=1S/C89H174O17P2/c1-6-9-12-15-18-21-24-26-28-30-32-34-35-37-39-41-43-49-54-59-64-69-74-88(93)105-85(79-100-87(92)73-68-63-58-53-48-42-40-38-36-33-31-29-27-25-22-19-16-13-10-7-2)81-104-108(97,98)102-77-83(90)76-101-107(95,96)103-80-84(78-99-86(91)72-67-62-57-52-46-23-20-17-14-11-8-3)106-89(94)75-70-65-60-55-50-45-44-47-51-56-61-66-71-82(4)5/h82-85,90H,6-81H2,1-5H3,(H,95,96)(H,97,98)/t83-,84+,85+/m0/s1. The van der Waals surface area contributed by atoms with E-state index < -0.39 is 97.5 Å². The van der Waals surface area contributed by atoms with Gasteiger partial charge in [-0.1, -0.05) is 433 Å². The van der Waals surface area contributed by atoms with E-state index in [1.165, 1.54) is 308 Å². The van der Waals surface area contributed by atoms with Crippen molar-refractivity contribution in [2.24, 2.45) is 5.92 Å². The number of aliphatic hydroxyl groups is 1. The number of phosphoric acid groups is 2. The second-order valence-corrected chi connectivity index (χ2v) is 35.4. The van der Waals surface area contributed by atoms with Crippen LogP contribution in [0.2, 0.25) is 0 Å². The molecule has 0 spiro atoms. The normalized spacial score (nSPS) is 13.7. The summed E-state index contributed by atoms with van der Waals surface area (Å²) in [7, 11) is -9.93. The van der Waals surface area contributed by atoms with E-state index in [9.17, 15) is 43.2 Å². The van der Waals surface area contributed by atoms with Crippen LogP contribution in [0.15, 0.2) is 0 Å². The molecule has 0 radical (unpaired) electrons. The minimum Gasteiger partial charge on any atom is -0.462 e. The molecule has 0 aliphatic carbocycles. The summed E-state index contributed by atoms with van der Waals surface area (Å²) in [5.74, 6) is -1.32. The fraction of sp³-hybridized carbons (Fsp3) is 0.955. The summed E-state index contributed by atoms with van der Waals surface area (Å²) in [6.07, 6.45) is 76.5. The highest BCUT2D eigenvalue weighted by atomic mass is 31.2. The summed E-state index contributed by atoms with van der Waals surface area (Å²) >= 11 is 0. The molecular formula is C89H174O17P2. The number of carbonyl (C=O) groups excluding carboxylic acids is 4. The Morgan fingerprint density at radius 1 is 0.250 bits per heavy atom. The maximum absolute atomic E-state index is 13.2. The van der Waals surface area contributed by atoms with Crippen LogP contribution in [0.3, 0.4) is 0 Å². The monoisotopic (exact) mass is 1580 g/mol. The van der Waals surface area contributed by atoms with Gasteiger partial charge in [-0.3, -0.25) is 37.3 Å². The van der Waals surface area contributed by atoms with E-state index in [2.05, 4.69) is 34.6 Å². The van der Waals surface area contributed by atoms with Gasteiger partial charge in [0.1, 0.15) is 19.3 Å². The van der Waals surface area contributed by atoms with E-state index in [1.54, 1.807) is 0 Å². The summed E-state index contributed by atoms with van der Waals surface area (Å²) in [6.45, 7) is 7.38. The van der Waals surface area contributed by atoms with E-state index >= 15 is 0 Å². The molecule has 0 saturated carbocycles. The first-order chi connectivity index (χ1) is 52.5. The number of ether oxygens (including phenoxy) is 4. The van der Waals surface area contributed by atoms with Gasteiger partial charge in [-0.2, -0.15) is 0 Å². The average molecular weight is 1580 g/mol. The highest BCUT2D eigenvalue weighted by Crippen LogP contribution is 2.45. The molecule has 0 heterocycles. The van der Waals surface area contributed by atoms with Crippen molar-refractivity contribution in [1.82, 2.24) is 0 Å². The number of phosphoric ester groups is 2. The zero-order chi connectivity index (χ0) is 79.0. The lowest BCUT2D eigenvalue weighted by Gasteiger charge is -2.21. The molecular weight excluding hydrogens is 1400 g/mol. The van der Waals surface area contributed by atoms with Crippen LogP contribution in [0.4, 0.5) is 0 Å². The van der Waals surface area contributed by atoms with E-state index in [4.69, 9.17) is 37.0 Å². The van der Waals surface area contributed by atoms with Crippen molar-refractivity contribution < 1.29 is 80.2 Å². The van der Waals surface area contributed by atoms with Gasteiger partial charge in [-0.05, 0) is 31.6 Å². The first-order valence-electron chi connectivity index (χ1n) is 46.1. The number of aliphatic hydroxyl groups excluding tert-OH is 1. The fourth-order valence-electron chi connectivity index (χ4n) is 14.0. The Bertz CT molecular complexity index is 2050. The van der Waals surface area contributed by atoms with Gasteiger partial charge in [-0.15, -0.1) is 0 Å². The van der Waals surface area contributed by atoms with Gasteiger partial charge in [0.15, 0.2) is 12.2 Å². The van der Waals surface area contributed by atoms with Crippen molar-refractivity contribution >= 4 is 39.5 Å². The molecule has 3 N–H and O–H groups in total. The number of hydrogen-bond acceptors (Lipinski definition) is 15. The zero-order valence-corrected chi connectivity index (χ0v) is 72.8.